The topological polar surface area (TPSA) is 9.23 Å². The van der Waals surface area contributed by atoms with Crippen LogP contribution in [-0.4, -0.2) is 13.7 Å². The standard InChI is InChI=1S/C10H14O/c1-11-9-5-8-10-6-3-2-4-7-10/h2-3,5-6,8H,4,7,9H2,1H3. The van der Waals surface area contributed by atoms with Gasteiger partial charge in [-0.3, -0.25) is 0 Å². The van der Waals surface area contributed by atoms with E-state index in [0.29, 0.717) is 6.61 Å². The molecule has 60 valence electrons. The van der Waals surface area contributed by atoms with Gasteiger partial charge >= 0.3 is 0 Å². The Morgan fingerprint density at radius 1 is 1.64 bits per heavy atom. The second kappa shape index (κ2) is 4.91. The average molecular weight is 150 g/mol. The van der Waals surface area contributed by atoms with E-state index in [0.717, 1.165) is 6.42 Å². The van der Waals surface area contributed by atoms with Gasteiger partial charge in [0.1, 0.15) is 0 Å². The van der Waals surface area contributed by atoms with Crippen LogP contribution in [0.15, 0.2) is 36.0 Å². The summed E-state index contributed by atoms with van der Waals surface area (Å²) in [5.74, 6) is 0. The van der Waals surface area contributed by atoms with Crippen LogP contribution in [0.3, 0.4) is 0 Å². The Balaban J connectivity index is 2.35. The van der Waals surface area contributed by atoms with Crippen LogP contribution in [0.2, 0.25) is 0 Å². The first-order valence-corrected chi connectivity index (χ1v) is 3.94. The first kappa shape index (κ1) is 8.28. The van der Waals surface area contributed by atoms with Gasteiger partial charge in [-0.15, -0.1) is 0 Å². The molecule has 0 atom stereocenters. The third-order valence-corrected chi connectivity index (χ3v) is 1.64. The highest BCUT2D eigenvalue weighted by Gasteiger charge is 1.92. The Hall–Kier alpha value is -0.820. The van der Waals surface area contributed by atoms with E-state index >= 15 is 0 Å². The molecule has 0 aromatic carbocycles. The van der Waals surface area contributed by atoms with E-state index in [2.05, 4.69) is 24.3 Å². The molecule has 0 bridgehead atoms. The van der Waals surface area contributed by atoms with Gasteiger partial charge in [0, 0.05) is 7.11 Å². The lowest BCUT2D eigenvalue weighted by Gasteiger charge is -2.02. The molecule has 0 saturated heterocycles. The number of hydrogen-bond donors (Lipinski definition) is 0. The number of hydrogen-bond acceptors (Lipinski definition) is 1. The van der Waals surface area contributed by atoms with E-state index in [1.165, 1.54) is 12.0 Å². The largest absolute Gasteiger partial charge is 0.381 e. The molecule has 0 heterocycles. The third-order valence-electron chi connectivity index (χ3n) is 1.64. The Kier molecular flexibility index (Phi) is 3.70. The summed E-state index contributed by atoms with van der Waals surface area (Å²) in [6.45, 7) is 0.709. The summed E-state index contributed by atoms with van der Waals surface area (Å²) in [6, 6.07) is 0. The van der Waals surface area contributed by atoms with E-state index in [-0.39, 0.29) is 0 Å². The van der Waals surface area contributed by atoms with Crippen LogP contribution < -0.4 is 0 Å². The van der Waals surface area contributed by atoms with Crippen molar-refractivity contribution < 1.29 is 4.74 Å². The molecule has 1 heteroatoms. The average Bonchev–Trinajstić information content (AvgIpc) is 2.07. The molecule has 1 nitrogen and oxygen atoms in total. The van der Waals surface area contributed by atoms with Crippen molar-refractivity contribution in [3.05, 3.63) is 36.0 Å². The number of ether oxygens (including phenoxy) is 1. The van der Waals surface area contributed by atoms with Crippen LogP contribution in [0, 0.1) is 0 Å². The summed E-state index contributed by atoms with van der Waals surface area (Å²) >= 11 is 0. The van der Waals surface area contributed by atoms with Crippen molar-refractivity contribution in [2.24, 2.45) is 0 Å². The molecule has 0 spiro atoms. The molecule has 0 amide bonds. The van der Waals surface area contributed by atoms with Crippen LogP contribution in [-0.2, 0) is 4.74 Å². The van der Waals surface area contributed by atoms with Crippen LogP contribution in [0.4, 0.5) is 0 Å². The Bertz CT molecular complexity index is 187. The SMILES string of the molecule is COCC=CC1=CC=CCC1. The molecule has 0 N–H and O–H groups in total. The minimum Gasteiger partial charge on any atom is -0.381 e. The van der Waals surface area contributed by atoms with Crippen molar-refractivity contribution in [2.45, 2.75) is 12.8 Å². The lowest BCUT2D eigenvalue weighted by atomic mass is 10.1. The van der Waals surface area contributed by atoms with Gasteiger partial charge in [-0.2, -0.15) is 0 Å². The predicted octanol–water partition coefficient (Wildman–Crippen LogP) is 2.47. The van der Waals surface area contributed by atoms with Gasteiger partial charge in [-0.1, -0.05) is 30.4 Å². The van der Waals surface area contributed by atoms with Crippen molar-refractivity contribution in [3.63, 3.8) is 0 Å². The normalized spacial score (nSPS) is 17.4. The molecule has 0 fully saturated rings. The fourth-order valence-electron chi connectivity index (χ4n) is 1.06. The van der Waals surface area contributed by atoms with Gasteiger partial charge in [-0.05, 0) is 18.4 Å². The van der Waals surface area contributed by atoms with Gasteiger partial charge in [0.15, 0.2) is 0 Å². The second-order valence-electron chi connectivity index (χ2n) is 2.57. The van der Waals surface area contributed by atoms with Crippen LogP contribution in [0.5, 0.6) is 0 Å². The molecule has 1 rings (SSSR count). The highest BCUT2D eigenvalue weighted by atomic mass is 16.5. The highest BCUT2D eigenvalue weighted by Crippen LogP contribution is 2.12. The molecule has 0 aromatic heterocycles. The number of allylic oxidation sites excluding steroid dienone is 5. The Labute approximate surface area is 68.1 Å². The maximum atomic E-state index is 4.90. The maximum Gasteiger partial charge on any atom is 0.0646 e. The third kappa shape index (κ3) is 3.19. The molecular weight excluding hydrogens is 136 g/mol. The van der Waals surface area contributed by atoms with Gasteiger partial charge < -0.3 is 4.74 Å². The molecule has 0 aliphatic heterocycles. The van der Waals surface area contributed by atoms with Gasteiger partial charge in [0.2, 0.25) is 0 Å². The van der Waals surface area contributed by atoms with E-state index in [9.17, 15) is 0 Å². The predicted molar refractivity (Wildman–Crippen MR) is 47.5 cm³/mol. The van der Waals surface area contributed by atoms with Crippen molar-refractivity contribution in [1.82, 2.24) is 0 Å². The lowest BCUT2D eigenvalue weighted by Crippen LogP contribution is -1.85. The van der Waals surface area contributed by atoms with E-state index < -0.39 is 0 Å². The van der Waals surface area contributed by atoms with Gasteiger partial charge in [0.05, 0.1) is 6.61 Å². The molecule has 11 heavy (non-hydrogen) atoms. The summed E-state index contributed by atoms with van der Waals surface area (Å²) in [7, 11) is 1.71. The molecule has 0 saturated carbocycles. The number of rotatable bonds is 3. The minimum absolute atomic E-state index is 0.709. The summed E-state index contributed by atoms with van der Waals surface area (Å²) in [4.78, 5) is 0. The van der Waals surface area contributed by atoms with Crippen molar-refractivity contribution in [2.75, 3.05) is 13.7 Å². The molecule has 0 unspecified atom stereocenters. The molecule has 0 aromatic rings. The fourth-order valence-corrected chi connectivity index (χ4v) is 1.06. The minimum atomic E-state index is 0.709. The summed E-state index contributed by atoms with van der Waals surface area (Å²) in [5, 5.41) is 0. The Morgan fingerprint density at radius 3 is 3.18 bits per heavy atom. The van der Waals surface area contributed by atoms with E-state index in [4.69, 9.17) is 4.74 Å². The van der Waals surface area contributed by atoms with Crippen LogP contribution >= 0.6 is 0 Å². The monoisotopic (exact) mass is 150 g/mol. The maximum absolute atomic E-state index is 4.90. The molecule has 1 aliphatic carbocycles. The van der Waals surface area contributed by atoms with Crippen molar-refractivity contribution >= 4 is 0 Å². The van der Waals surface area contributed by atoms with E-state index in [1.807, 2.05) is 6.08 Å². The fraction of sp³-hybridized carbons (Fsp3) is 0.400. The molecule has 0 radical (unpaired) electrons. The van der Waals surface area contributed by atoms with Crippen molar-refractivity contribution in [1.29, 1.82) is 0 Å². The van der Waals surface area contributed by atoms with Crippen molar-refractivity contribution in [3.8, 4) is 0 Å². The Morgan fingerprint density at radius 2 is 2.55 bits per heavy atom. The smallest absolute Gasteiger partial charge is 0.0646 e. The van der Waals surface area contributed by atoms with E-state index in [1.54, 1.807) is 7.11 Å². The lowest BCUT2D eigenvalue weighted by molar-refractivity contribution is 0.234. The zero-order chi connectivity index (χ0) is 7.94. The van der Waals surface area contributed by atoms with Gasteiger partial charge in [0.25, 0.3) is 0 Å². The van der Waals surface area contributed by atoms with Crippen LogP contribution in [0.1, 0.15) is 12.8 Å². The summed E-state index contributed by atoms with van der Waals surface area (Å²) < 4.78 is 4.90. The molecular formula is C10H14O. The summed E-state index contributed by atoms with van der Waals surface area (Å²) in [5.41, 5.74) is 1.39. The quantitative estimate of drug-likeness (QED) is 0.600. The summed E-state index contributed by atoms with van der Waals surface area (Å²) in [6.07, 6.45) is 13.0. The first-order chi connectivity index (χ1) is 5.43. The van der Waals surface area contributed by atoms with Crippen LogP contribution in [0.25, 0.3) is 0 Å². The zero-order valence-corrected chi connectivity index (χ0v) is 6.92. The second-order valence-corrected chi connectivity index (χ2v) is 2.57. The number of methoxy groups -OCH3 is 1. The van der Waals surface area contributed by atoms with Gasteiger partial charge in [-0.25, -0.2) is 0 Å². The first-order valence-electron chi connectivity index (χ1n) is 3.94. The highest BCUT2D eigenvalue weighted by molar-refractivity contribution is 5.27. The molecule has 1 aliphatic rings. The zero-order valence-electron chi connectivity index (χ0n) is 6.92.